The van der Waals surface area contributed by atoms with Gasteiger partial charge in [-0.15, -0.1) is 25.3 Å². The van der Waals surface area contributed by atoms with Crippen LogP contribution in [0.2, 0.25) is 30.7 Å². The summed E-state index contributed by atoms with van der Waals surface area (Å²) in [5, 5.41) is 1.62. The Morgan fingerprint density at radius 1 is 0.609 bits per heavy atom. The fourth-order valence-electron chi connectivity index (χ4n) is 1.03. The van der Waals surface area contributed by atoms with E-state index >= 15 is 0 Å². The van der Waals surface area contributed by atoms with Gasteiger partial charge in [-0.05, 0) is 0 Å². The number of hydrogen-bond donors (Lipinski definition) is 4. The molecule has 0 bridgehead atoms. The van der Waals surface area contributed by atoms with Gasteiger partial charge in [-0.2, -0.15) is 0 Å². The van der Waals surface area contributed by atoms with Crippen molar-refractivity contribution in [1.82, 2.24) is 9.97 Å². The maximum atomic E-state index is 5.68. The Bertz CT molecular complexity index is 710. The molecule has 2 nitrogen and oxygen atoms in total. The molecule has 0 atom stereocenters. The number of hydrogen-bond acceptors (Lipinski definition) is 4. The van der Waals surface area contributed by atoms with Crippen LogP contribution >= 0.6 is 119 Å². The summed E-state index contributed by atoms with van der Waals surface area (Å²) in [6, 6.07) is 0. The van der Waals surface area contributed by atoms with Gasteiger partial charge in [-0.25, -0.2) is 0 Å². The zero-order chi connectivity index (χ0) is 17.2. The second-order valence-electron chi connectivity index (χ2n) is 3.49. The van der Waals surface area contributed by atoms with Crippen LogP contribution in [0.5, 0.6) is 0 Å². The number of aromatic nitrogens is 2. The van der Waals surface area contributed by atoms with Crippen molar-refractivity contribution >= 4 is 119 Å². The maximum Gasteiger partial charge on any atom is 0.127 e. The molecule has 0 aliphatic rings. The fourth-order valence-corrected chi connectivity index (χ4v) is 3.26. The van der Waals surface area contributed by atoms with Gasteiger partial charge in [0.05, 0.1) is 28.9 Å². The van der Waals surface area contributed by atoms with Crippen molar-refractivity contribution in [2.45, 2.75) is 9.79 Å². The van der Waals surface area contributed by atoms with Crippen LogP contribution < -0.4 is 0 Å². The first-order valence-corrected chi connectivity index (χ1v) is 8.97. The molecule has 2 aromatic rings. The van der Waals surface area contributed by atoms with Crippen LogP contribution in [-0.4, -0.2) is 9.97 Å². The van der Waals surface area contributed by atoms with Crippen LogP contribution in [0.4, 0.5) is 0 Å². The van der Waals surface area contributed by atoms with Crippen molar-refractivity contribution in [3.05, 3.63) is 39.7 Å². The molecule has 0 fully saturated rings. The summed E-state index contributed by atoms with van der Waals surface area (Å²) in [7, 11) is 0. The summed E-state index contributed by atoms with van der Waals surface area (Å²) in [6.45, 7) is 0. The molecule has 0 spiro atoms. The number of halogens is 6. The first kappa shape index (κ1) is 24.7. The Morgan fingerprint density at radius 3 is 1.13 bits per heavy atom. The molecule has 0 saturated carbocycles. The average Bonchev–Trinajstić information content (AvgIpc) is 2.47. The van der Waals surface area contributed by atoms with Gasteiger partial charge in [0.2, 0.25) is 0 Å². The number of H-pyrrole nitrogens is 2. The zero-order valence-electron chi connectivity index (χ0n) is 10.3. The number of nitrogens with one attached hydrogen (secondary N) is 2. The van der Waals surface area contributed by atoms with Crippen molar-refractivity contribution in [3.63, 3.8) is 0 Å². The molecule has 23 heavy (non-hydrogen) atoms. The zero-order valence-corrected chi connectivity index (χ0v) is 19.2. The van der Waals surface area contributed by atoms with Gasteiger partial charge in [0.15, 0.2) is 0 Å². The second kappa shape index (κ2) is 10.7. The maximum absolute atomic E-state index is 5.68. The minimum Gasteiger partial charge on any atom is -0.334 e. The van der Waals surface area contributed by atoms with E-state index in [2.05, 4.69) is 35.2 Å². The van der Waals surface area contributed by atoms with Gasteiger partial charge >= 0.3 is 0 Å². The monoisotopic (exact) mass is 548 g/mol. The summed E-state index contributed by atoms with van der Waals surface area (Å²) in [6.07, 6.45) is 0. The number of rotatable bonds is 0. The Kier molecular flexibility index (Phi) is 11.5. The molecule has 130 valence electrons. The summed E-state index contributed by atoms with van der Waals surface area (Å²) in [4.78, 5) is 6.09. The smallest absolute Gasteiger partial charge is 0.127 e. The van der Waals surface area contributed by atoms with Gasteiger partial charge in [0, 0.05) is 16.5 Å². The van der Waals surface area contributed by atoms with Crippen molar-refractivity contribution in [2.24, 2.45) is 0 Å². The first-order chi connectivity index (χ1) is 10.1. The Labute approximate surface area is 193 Å². The van der Waals surface area contributed by atoms with E-state index < -0.39 is 0 Å². The van der Waals surface area contributed by atoms with E-state index in [1.165, 1.54) is 0 Å². The Morgan fingerprint density at radius 2 is 0.870 bits per heavy atom. The molecule has 2 heterocycles. The number of pyridine rings is 2. The van der Waals surface area contributed by atoms with E-state index in [0.717, 1.165) is 0 Å². The fraction of sp³-hybridized carbons (Fsp3) is 0. The molecule has 0 unspecified atom stereocenters. The molecule has 2 rings (SSSR count). The van der Waals surface area contributed by atoms with Crippen LogP contribution in [0.25, 0.3) is 0 Å². The van der Waals surface area contributed by atoms with E-state index in [1.54, 1.807) is 0 Å². The minimum absolute atomic E-state index is 0. The largest absolute Gasteiger partial charge is 0.334 e. The molecule has 0 saturated heterocycles. The van der Waals surface area contributed by atoms with Crippen LogP contribution in [0, 0.1) is 9.02 Å². The molecular formula is C10H4Cl6N2NiS4. The molecule has 2 aromatic heterocycles. The Balaban J connectivity index is 0.000000403. The van der Waals surface area contributed by atoms with Gasteiger partial charge in [0.1, 0.15) is 20.6 Å². The molecule has 0 radical (unpaired) electrons. The van der Waals surface area contributed by atoms with E-state index in [4.69, 9.17) is 94.0 Å². The predicted molar refractivity (Wildman–Crippen MR) is 108 cm³/mol. The van der Waals surface area contributed by atoms with Gasteiger partial charge in [-0.1, -0.05) is 94.0 Å². The van der Waals surface area contributed by atoms with Crippen molar-refractivity contribution in [1.29, 1.82) is 0 Å². The Hall–Kier alpha value is 1.67. The van der Waals surface area contributed by atoms with E-state index in [-0.39, 0.29) is 36.8 Å². The quantitative estimate of drug-likeness (QED) is 0.116. The molecule has 0 aliphatic heterocycles. The standard InChI is InChI=1S/2C5H2Cl3NS2.Ni/c2*6-1-2(10)3(11)5(8)9-4(1)7;/h2*11H,(H,9,10);. The predicted octanol–water partition coefficient (Wildman–Crippen LogP) is 7.98. The van der Waals surface area contributed by atoms with Gasteiger partial charge in [0.25, 0.3) is 0 Å². The molecule has 13 heteroatoms. The SMILES string of the molecule is S=c1c(S)c(Cl)[nH]c(Cl)c1Cl.S=c1c(S)c(Cl)[nH]c(Cl)c1Cl.[Ni]. The molecular weight excluding hydrogens is 548 g/mol. The average molecular weight is 552 g/mol. The van der Waals surface area contributed by atoms with Crippen molar-refractivity contribution in [3.8, 4) is 0 Å². The second-order valence-corrected chi connectivity index (χ2v) is 7.47. The van der Waals surface area contributed by atoms with Gasteiger partial charge < -0.3 is 9.97 Å². The van der Waals surface area contributed by atoms with Crippen LogP contribution in [0.3, 0.4) is 0 Å². The first-order valence-electron chi connectivity index (χ1n) is 4.99. The van der Waals surface area contributed by atoms with Crippen LogP contribution in [0.15, 0.2) is 9.79 Å². The van der Waals surface area contributed by atoms with E-state index in [0.29, 0.717) is 29.1 Å². The minimum atomic E-state index is 0. The number of aromatic amines is 2. The normalized spacial score (nSPS) is 9.74. The number of thiol groups is 2. The molecule has 0 amide bonds. The summed E-state index contributed by atoms with van der Waals surface area (Å²) in [5.41, 5.74) is 0. The van der Waals surface area contributed by atoms with E-state index in [9.17, 15) is 0 Å². The summed E-state index contributed by atoms with van der Waals surface area (Å²) < 4.78 is 0.729. The third-order valence-electron chi connectivity index (χ3n) is 2.07. The topological polar surface area (TPSA) is 31.6 Å². The summed E-state index contributed by atoms with van der Waals surface area (Å²) in [5.74, 6) is 0. The third kappa shape index (κ3) is 6.40. The van der Waals surface area contributed by atoms with Crippen LogP contribution in [0.1, 0.15) is 0 Å². The van der Waals surface area contributed by atoms with E-state index in [1.807, 2.05) is 0 Å². The van der Waals surface area contributed by atoms with Gasteiger partial charge in [-0.3, -0.25) is 0 Å². The third-order valence-corrected chi connectivity index (χ3v) is 6.65. The molecule has 0 aromatic carbocycles. The summed E-state index contributed by atoms with van der Waals surface area (Å²) >= 11 is 51.7. The molecule has 2 N–H and O–H groups in total. The molecule has 0 aliphatic carbocycles. The van der Waals surface area contributed by atoms with Crippen molar-refractivity contribution in [2.75, 3.05) is 0 Å². The van der Waals surface area contributed by atoms with Crippen LogP contribution in [-0.2, 0) is 16.5 Å². The van der Waals surface area contributed by atoms with Crippen molar-refractivity contribution < 1.29 is 16.5 Å².